The van der Waals surface area contributed by atoms with Gasteiger partial charge in [-0.1, -0.05) is 16.8 Å². The predicted molar refractivity (Wildman–Crippen MR) is 80.0 cm³/mol. The van der Waals surface area contributed by atoms with Crippen LogP contribution in [0.5, 0.6) is 0 Å². The van der Waals surface area contributed by atoms with Gasteiger partial charge in [-0.2, -0.15) is 0 Å². The first kappa shape index (κ1) is 15.5. The number of carbonyl (C=O) groups excluding carboxylic acids is 1. The highest BCUT2D eigenvalue weighted by Gasteiger charge is 2.15. The van der Waals surface area contributed by atoms with E-state index in [1.807, 2.05) is 12.1 Å². The molecule has 0 aliphatic carbocycles. The lowest BCUT2D eigenvalue weighted by atomic mass is 10.1. The largest absolute Gasteiger partial charge is 0.389 e. The van der Waals surface area contributed by atoms with Crippen molar-refractivity contribution in [2.45, 2.75) is 25.9 Å². The summed E-state index contributed by atoms with van der Waals surface area (Å²) in [5, 5.41) is 16.7. The van der Waals surface area contributed by atoms with Crippen LogP contribution in [-0.2, 0) is 11.2 Å². The maximum Gasteiger partial charge on any atom is 0.226 e. The molecule has 2 rings (SSSR count). The topological polar surface area (TPSA) is 75.4 Å². The number of nitrogens with zero attached hydrogens (tertiary/aromatic N) is 1. The van der Waals surface area contributed by atoms with Crippen molar-refractivity contribution in [3.8, 4) is 11.3 Å². The molecule has 0 radical (unpaired) electrons. The van der Waals surface area contributed by atoms with Crippen molar-refractivity contribution in [2.75, 3.05) is 6.54 Å². The molecule has 21 heavy (non-hydrogen) atoms. The Hall–Kier alpha value is -1.85. The van der Waals surface area contributed by atoms with E-state index < -0.39 is 5.60 Å². The van der Waals surface area contributed by atoms with Gasteiger partial charge >= 0.3 is 0 Å². The first-order chi connectivity index (χ1) is 9.83. The van der Waals surface area contributed by atoms with Crippen molar-refractivity contribution in [1.82, 2.24) is 10.5 Å². The zero-order chi connectivity index (χ0) is 15.5. The van der Waals surface area contributed by atoms with E-state index in [9.17, 15) is 9.90 Å². The lowest BCUT2D eigenvalue weighted by Gasteiger charge is -2.17. The molecule has 5 nitrogen and oxygen atoms in total. The van der Waals surface area contributed by atoms with Gasteiger partial charge in [0, 0.05) is 23.2 Å². The number of amides is 1. The van der Waals surface area contributed by atoms with Crippen LogP contribution in [0.4, 0.5) is 0 Å². The Morgan fingerprint density at radius 3 is 2.67 bits per heavy atom. The number of rotatable bonds is 5. The first-order valence-electron chi connectivity index (χ1n) is 6.54. The Morgan fingerprint density at radius 2 is 2.05 bits per heavy atom. The van der Waals surface area contributed by atoms with Crippen molar-refractivity contribution in [3.63, 3.8) is 0 Å². The number of hydrogen-bond acceptors (Lipinski definition) is 4. The highest BCUT2D eigenvalue weighted by molar-refractivity contribution is 6.30. The predicted octanol–water partition coefficient (Wildman–Crippen LogP) is 2.42. The summed E-state index contributed by atoms with van der Waals surface area (Å²) in [6, 6.07) is 8.87. The number of aromatic nitrogens is 1. The van der Waals surface area contributed by atoms with Gasteiger partial charge in [-0.05, 0) is 38.1 Å². The molecule has 0 fully saturated rings. The minimum Gasteiger partial charge on any atom is -0.389 e. The van der Waals surface area contributed by atoms with Gasteiger partial charge in [0.15, 0.2) is 5.76 Å². The number of aliphatic hydroxyl groups is 1. The normalized spacial score (nSPS) is 11.4. The third kappa shape index (κ3) is 4.88. The highest BCUT2D eigenvalue weighted by Crippen LogP contribution is 2.22. The fourth-order valence-corrected chi connectivity index (χ4v) is 1.81. The van der Waals surface area contributed by atoms with E-state index >= 15 is 0 Å². The van der Waals surface area contributed by atoms with Crippen LogP contribution in [0.2, 0.25) is 5.02 Å². The van der Waals surface area contributed by atoms with Crippen LogP contribution < -0.4 is 5.32 Å². The van der Waals surface area contributed by atoms with Crippen molar-refractivity contribution in [3.05, 3.63) is 41.0 Å². The van der Waals surface area contributed by atoms with E-state index in [1.54, 1.807) is 32.0 Å². The molecular formula is C15H17ClN2O3. The van der Waals surface area contributed by atoms with Crippen molar-refractivity contribution in [2.24, 2.45) is 0 Å². The summed E-state index contributed by atoms with van der Waals surface area (Å²) in [6.45, 7) is 3.44. The maximum absolute atomic E-state index is 11.7. The monoisotopic (exact) mass is 308 g/mol. The molecule has 0 saturated carbocycles. The van der Waals surface area contributed by atoms with Gasteiger partial charge in [0.2, 0.25) is 5.91 Å². The van der Waals surface area contributed by atoms with Crippen LogP contribution >= 0.6 is 11.6 Å². The van der Waals surface area contributed by atoms with Crippen molar-refractivity contribution < 1.29 is 14.4 Å². The Balaban J connectivity index is 1.97. The molecule has 1 aromatic carbocycles. The van der Waals surface area contributed by atoms with E-state index in [4.69, 9.17) is 16.1 Å². The molecule has 0 unspecified atom stereocenters. The molecule has 1 aromatic heterocycles. The number of carbonyl (C=O) groups is 1. The average molecular weight is 309 g/mol. The van der Waals surface area contributed by atoms with E-state index in [-0.39, 0.29) is 18.9 Å². The van der Waals surface area contributed by atoms with Gasteiger partial charge in [-0.3, -0.25) is 4.79 Å². The molecule has 0 aliphatic heterocycles. The minimum atomic E-state index is -0.937. The lowest BCUT2D eigenvalue weighted by Crippen LogP contribution is -2.38. The summed E-state index contributed by atoms with van der Waals surface area (Å²) in [6.07, 6.45) is 0.104. The SMILES string of the molecule is CC(C)(O)CNC(=O)Cc1cc(-c2ccc(Cl)cc2)on1. The molecule has 0 saturated heterocycles. The molecule has 1 amide bonds. The fourth-order valence-electron chi connectivity index (χ4n) is 1.69. The summed E-state index contributed by atoms with van der Waals surface area (Å²) in [7, 11) is 0. The van der Waals surface area contributed by atoms with Crippen LogP contribution in [0.1, 0.15) is 19.5 Å². The zero-order valence-electron chi connectivity index (χ0n) is 11.9. The minimum absolute atomic E-state index is 0.104. The lowest BCUT2D eigenvalue weighted by molar-refractivity contribution is -0.121. The Morgan fingerprint density at radius 1 is 1.38 bits per heavy atom. The van der Waals surface area contributed by atoms with E-state index in [0.29, 0.717) is 16.5 Å². The van der Waals surface area contributed by atoms with Gasteiger partial charge < -0.3 is 14.9 Å². The molecule has 2 aromatic rings. The summed E-state index contributed by atoms with van der Waals surface area (Å²) in [5.41, 5.74) is 0.441. The number of nitrogens with one attached hydrogen (secondary N) is 1. The molecule has 0 spiro atoms. The summed E-state index contributed by atoms with van der Waals surface area (Å²) in [5.74, 6) is 0.366. The van der Waals surface area contributed by atoms with E-state index in [2.05, 4.69) is 10.5 Å². The van der Waals surface area contributed by atoms with Crippen LogP contribution in [0.25, 0.3) is 11.3 Å². The Bertz CT molecular complexity index is 615. The molecule has 112 valence electrons. The third-order valence-corrected chi connectivity index (χ3v) is 3.00. The fraction of sp³-hybridized carbons (Fsp3) is 0.333. The summed E-state index contributed by atoms with van der Waals surface area (Å²) in [4.78, 5) is 11.7. The smallest absolute Gasteiger partial charge is 0.226 e. The van der Waals surface area contributed by atoms with Gasteiger partial charge in [-0.15, -0.1) is 0 Å². The summed E-state index contributed by atoms with van der Waals surface area (Å²) >= 11 is 5.83. The second-order valence-corrected chi connectivity index (χ2v) is 5.89. The third-order valence-electron chi connectivity index (χ3n) is 2.75. The second-order valence-electron chi connectivity index (χ2n) is 5.46. The van der Waals surface area contributed by atoms with E-state index in [1.165, 1.54) is 0 Å². The van der Waals surface area contributed by atoms with Crippen LogP contribution in [0, 0.1) is 0 Å². The number of benzene rings is 1. The van der Waals surface area contributed by atoms with E-state index in [0.717, 1.165) is 5.56 Å². The Kier molecular flexibility index (Phi) is 4.65. The van der Waals surface area contributed by atoms with Gasteiger partial charge in [0.1, 0.15) is 0 Å². The molecule has 0 atom stereocenters. The maximum atomic E-state index is 11.7. The molecule has 2 N–H and O–H groups in total. The Labute approximate surface area is 127 Å². The molecular weight excluding hydrogens is 292 g/mol. The quantitative estimate of drug-likeness (QED) is 0.889. The van der Waals surface area contributed by atoms with Crippen LogP contribution in [-0.4, -0.2) is 28.3 Å². The van der Waals surface area contributed by atoms with Crippen molar-refractivity contribution >= 4 is 17.5 Å². The molecule has 0 aliphatic rings. The molecule has 0 bridgehead atoms. The number of hydrogen-bond donors (Lipinski definition) is 2. The second kappa shape index (κ2) is 6.28. The van der Waals surface area contributed by atoms with Crippen LogP contribution in [0.15, 0.2) is 34.9 Å². The van der Waals surface area contributed by atoms with Crippen molar-refractivity contribution in [1.29, 1.82) is 0 Å². The first-order valence-corrected chi connectivity index (χ1v) is 6.92. The summed E-state index contributed by atoms with van der Waals surface area (Å²) < 4.78 is 5.21. The molecule has 6 heteroatoms. The highest BCUT2D eigenvalue weighted by atomic mass is 35.5. The molecule has 1 heterocycles. The standard InChI is InChI=1S/C15H17ClN2O3/c1-15(2,20)9-17-14(19)8-12-7-13(21-18-12)10-3-5-11(16)6-4-10/h3-7,20H,8-9H2,1-2H3,(H,17,19). The average Bonchev–Trinajstić information content (AvgIpc) is 2.85. The van der Waals surface area contributed by atoms with Gasteiger partial charge in [0.05, 0.1) is 17.7 Å². The zero-order valence-corrected chi connectivity index (χ0v) is 12.6. The van der Waals surface area contributed by atoms with Crippen LogP contribution in [0.3, 0.4) is 0 Å². The van der Waals surface area contributed by atoms with Gasteiger partial charge in [-0.25, -0.2) is 0 Å². The number of halogens is 1. The van der Waals surface area contributed by atoms with Gasteiger partial charge in [0.25, 0.3) is 0 Å².